The lowest BCUT2D eigenvalue weighted by Crippen LogP contribution is -2.33. The molecule has 1 heterocycles. The van der Waals surface area contributed by atoms with Crippen LogP contribution in [0.4, 0.5) is 0 Å². The van der Waals surface area contributed by atoms with E-state index in [-0.39, 0.29) is 18.1 Å². The highest BCUT2D eigenvalue weighted by Crippen LogP contribution is 2.23. The fourth-order valence-electron chi connectivity index (χ4n) is 1.78. The summed E-state index contributed by atoms with van der Waals surface area (Å²) >= 11 is 0. The Bertz CT molecular complexity index is 405. The van der Waals surface area contributed by atoms with Gasteiger partial charge in [0.25, 0.3) is 0 Å². The highest BCUT2D eigenvalue weighted by Gasteiger charge is 2.29. The van der Waals surface area contributed by atoms with Crippen molar-refractivity contribution in [3.63, 3.8) is 0 Å². The van der Waals surface area contributed by atoms with Crippen molar-refractivity contribution < 1.29 is 19.7 Å². The molecule has 1 aliphatic heterocycles. The average Bonchev–Trinajstić information content (AvgIpc) is 2.34. The zero-order valence-corrected chi connectivity index (χ0v) is 10.1. The van der Waals surface area contributed by atoms with Crippen LogP contribution < -0.4 is 11.5 Å². The molecule has 3 atom stereocenters. The van der Waals surface area contributed by atoms with E-state index in [4.69, 9.17) is 26.4 Å². The molecule has 9 heteroatoms. The molecule has 0 fully saturated rings. The van der Waals surface area contributed by atoms with Crippen molar-refractivity contribution in [2.45, 2.75) is 31.0 Å². The standard InChI is InChI=1S/C10H16N4O5/c11-10(12)13-5-1-7(2-6(4-15)14-18)19-8(3-5)9(16)17/h3,5-7,15H,1-2,4H2,(H,16,17)(H4,11,12,13)/t5-,6+,7?/m1/s1. The first-order chi connectivity index (χ1) is 8.96. The highest BCUT2D eigenvalue weighted by atomic mass is 16.5. The number of carboxylic acid groups (broad SMARTS) is 1. The van der Waals surface area contributed by atoms with Gasteiger partial charge in [-0.15, -0.1) is 0 Å². The first-order valence-electron chi connectivity index (χ1n) is 5.60. The van der Waals surface area contributed by atoms with E-state index in [0.717, 1.165) is 0 Å². The smallest absolute Gasteiger partial charge is 0.370 e. The summed E-state index contributed by atoms with van der Waals surface area (Å²) in [6.07, 6.45) is 1.10. The number of nitrogens with zero attached hydrogens (tertiary/aromatic N) is 2. The lowest BCUT2D eigenvalue weighted by atomic mass is 10.00. The molecule has 6 N–H and O–H groups in total. The van der Waals surface area contributed by atoms with Gasteiger partial charge in [-0.2, -0.15) is 4.91 Å². The van der Waals surface area contributed by atoms with E-state index in [1.165, 1.54) is 6.08 Å². The molecule has 0 saturated heterocycles. The monoisotopic (exact) mass is 272 g/mol. The maximum absolute atomic E-state index is 10.9. The third kappa shape index (κ3) is 4.54. The Morgan fingerprint density at radius 1 is 1.58 bits per heavy atom. The van der Waals surface area contributed by atoms with Gasteiger partial charge in [0.15, 0.2) is 5.96 Å². The average molecular weight is 272 g/mol. The molecule has 0 spiro atoms. The summed E-state index contributed by atoms with van der Waals surface area (Å²) in [7, 11) is 0. The van der Waals surface area contributed by atoms with Crippen LogP contribution in [0.1, 0.15) is 12.8 Å². The number of nitrogens with two attached hydrogens (primary N) is 2. The Labute approximate surface area is 108 Å². The lowest BCUT2D eigenvalue weighted by Gasteiger charge is -2.27. The van der Waals surface area contributed by atoms with Gasteiger partial charge in [0, 0.05) is 12.8 Å². The molecule has 19 heavy (non-hydrogen) atoms. The third-order valence-electron chi connectivity index (χ3n) is 2.56. The van der Waals surface area contributed by atoms with Gasteiger partial charge < -0.3 is 26.4 Å². The van der Waals surface area contributed by atoms with Crippen LogP contribution in [0.5, 0.6) is 0 Å². The maximum atomic E-state index is 10.9. The predicted molar refractivity (Wildman–Crippen MR) is 66.1 cm³/mol. The van der Waals surface area contributed by atoms with Crippen LogP contribution in [-0.2, 0) is 9.53 Å². The quantitative estimate of drug-likeness (QED) is 0.271. The Morgan fingerprint density at radius 3 is 2.74 bits per heavy atom. The van der Waals surface area contributed by atoms with Gasteiger partial charge in [-0.05, 0) is 6.08 Å². The molecule has 0 aromatic rings. The first kappa shape index (κ1) is 14.9. The van der Waals surface area contributed by atoms with Gasteiger partial charge in [-0.1, -0.05) is 5.18 Å². The summed E-state index contributed by atoms with van der Waals surface area (Å²) in [4.78, 5) is 25.2. The summed E-state index contributed by atoms with van der Waals surface area (Å²) in [5.74, 6) is -1.70. The Hall–Kier alpha value is -2.16. The van der Waals surface area contributed by atoms with E-state index in [9.17, 15) is 9.70 Å². The minimum atomic E-state index is -1.25. The van der Waals surface area contributed by atoms with E-state index >= 15 is 0 Å². The maximum Gasteiger partial charge on any atom is 0.370 e. The van der Waals surface area contributed by atoms with Gasteiger partial charge in [-0.3, -0.25) is 0 Å². The number of rotatable bonds is 6. The van der Waals surface area contributed by atoms with E-state index in [1.54, 1.807) is 0 Å². The highest BCUT2D eigenvalue weighted by molar-refractivity contribution is 5.84. The minimum Gasteiger partial charge on any atom is -0.483 e. The topological polar surface area (TPSA) is 161 Å². The van der Waals surface area contributed by atoms with Gasteiger partial charge in [0.05, 0.1) is 12.6 Å². The number of aliphatic hydroxyl groups excluding tert-OH is 1. The molecule has 0 aromatic heterocycles. The largest absolute Gasteiger partial charge is 0.483 e. The van der Waals surface area contributed by atoms with Crippen molar-refractivity contribution in [3.8, 4) is 0 Å². The van der Waals surface area contributed by atoms with Crippen molar-refractivity contribution >= 4 is 11.9 Å². The second-order valence-corrected chi connectivity index (χ2v) is 4.11. The fraction of sp³-hybridized carbons (Fsp3) is 0.600. The zero-order valence-electron chi connectivity index (χ0n) is 10.1. The van der Waals surface area contributed by atoms with E-state index in [1.807, 2.05) is 0 Å². The predicted octanol–water partition coefficient (Wildman–Crippen LogP) is -1.10. The number of aliphatic imine (C=N–C) groups is 1. The number of aliphatic hydroxyl groups is 1. The summed E-state index contributed by atoms with van der Waals surface area (Å²) in [6, 6.07) is -1.39. The summed E-state index contributed by atoms with van der Waals surface area (Å²) in [5, 5.41) is 20.5. The molecule has 9 nitrogen and oxygen atoms in total. The number of hydrogen-bond donors (Lipinski definition) is 4. The van der Waals surface area contributed by atoms with Crippen molar-refractivity contribution in [2.24, 2.45) is 21.6 Å². The van der Waals surface area contributed by atoms with Gasteiger partial charge in [0.2, 0.25) is 5.76 Å². The van der Waals surface area contributed by atoms with Crippen molar-refractivity contribution in [2.75, 3.05) is 6.61 Å². The van der Waals surface area contributed by atoms with Crippen molar-refractivity contribution in [1.29, 1.82) is 0 Å². The normalized spacial score (nSPS) is 23.7. The van der Waals surface area contributed by atoms with E-state index in [2.05, 4.69) is 10.2 Å². The molecule has 1 aliphatic rings. The summed E-state index contributed by atoms with van der Waals surface area (Å²) < 4.78 is 5.19. The number of ether oxygens (including phenoxy) is 1. The number of carboxylic acids is 1. The number of guanidine groups is 1. The Kier molecular flexibility index (Phi) is 5.24. The first-order valence-corrected chi connectivity index (χ1v) is 5.60. The number of nitroso groups, excluding NO2 is 1. The Morgan fingerprint density at radius 2 is 2.26 bits per heavy atom. The molecule has 0 amide bonds. The molecule has 0 bridgehead atoms. The van der Waals surface area contributed by atoms with Crippen LogP contribution >= 0.6 is 0 Å². The third-order valence-corrected chi connectivity index (χ3v) is 2.56. The van der Waals surface area contributed by atoms with Crippen LogP contribution in [0.15, 0.2) is 22.0 Å². The SMILES string of the molecule is NC(N)=N[C@H]1C=C(C(=O)O)OC(C[C@@H](CO)N=O)C1. The molecule has 0 aliphatic carbocycles. The Balaban J connectivity index is 2.82. The van der Waals surface area contributed by atoms with Crippen LogP contribution in [0.2, 0.25) is 0 Å². The van der Waals surface area contributed by atoms with Crippen LogP contribution in [-0.4, -0.2) is 46.9 Å². The van der Waals surface area contributed by atoms with Gasteiger partial charge in [-0.25, -0.2) is 9.79 Å². The molecule has 1 rings (SSSR count). The number of aliphatic carboxylic acids is 1. The molecule has 0 aromatic carbocycles. The van der Waals surface area contributed by atoms with Crippen LogP contribution in [0.3, 0.4) is 0 Å². The van der Waals surface area contributed by atoms with E-state index < -0.39 is 30.8 Å². The second kappa shape index (κ2) is 6.69. The lowest BCUT2D eigenvalue weighted by molar-refractivity contribution is -0.138. The molecular formula is C10H16N4O5. The van der Waals surface area contributed by atoms with Crippen molar-refractivity contribution in [3.05, 3.63) is 16.7 Å². The molecular weight excluding hydrogens is 256 g/mol. The fourth-order valence-corrected chi connectivity index (χ4v) is 1.78. The summed E-state index contributed by atoms with van der Waals surface area (Å²) in [5.41, 5.74) is 10.5. The van der Waals surface area contributed by atoms with E-state index in [0.29, 0.717) is 6.42 Å². The molecule has 0 radical (unpaired) electrons. The number of carbonyl (C=O) groups is 1. The van der Waals surface area contributed by atoms with Crippen LogP contribution in [0.25, 0.3) is 0 Å². The second-order valence-electron chi connectivity index (χ2n) is 4.11. The summed E-state index contributed by atoms with van der Waals surface area (Å²) in [6.45, 7) is -0.428. The molecule has 1 unspecified atom stereocenters. The number of hydrogen-bond acceptors (Lipinski definition) is 6. The van der Waals surface area contributed by atoms with Gasteiger partial charge >= 0.3 is 5.97 Å². The molecule has 106 valence electrons. The molecule has 0 saturated carbocycles. The van der Waals surface area contributed by atoms with Crippen molar-refractivity contribution in [1.82, 2.24) is 0 Å². The zero-order chi connectivity index (χ0) is 14.4. The minimum absolute atomic E-state index is 0.0983. The van der Waals surface area contributed by atoms with Gasteiger partial charge in [0.1, 0.15) is 12.1 Å². The van der Waals surface area contributed by atoms with Crippen LogP contribution in [0, 0.1) is 4.91 Å².